The molecule has 3 rings (SSSR count). The molecule has 1 aromatic heterocycles. The van der Waals surface area contributed by atoms with Crippen LogP contribution in [0.4, 0.5) is 0 Å². The molecule has 0 unspecified atom stereocenters. The molecule has 2 heterocycles. The second kappa shape index (κ2) is 6.48. The molecule has 0 radical (unpaired) electrons. The summed E-state index contributed by atoms with van der Waals surface area (Å²) in [5.74, 6) is -0.199. The van der Waals surface area contributed by atoms with Crippen LogP contribution < -0.4 is 10.6 Å². The summed E-state index contributed by atoms with van der Waals surface area (Å²) in [7, 11) is 0. The van der Waals surface area contributed by atoms with E-state index in [1.165, 1.54) is 0 Å². The van der Waals surface area contributed by atoms with Crippen molar-refractivity contribution in [1.82, 2.24) is 15.6 Å². The minimum absolute atomic E-state index is 0.199. The number of benzene rings is 1. The van der Waals surface area contributed by atoms with Crippen LogP contribution in [0.15, 0.2) is 42.6 Å². The number of aryl methyl sites for hydroxylation is 1. The Kier molecular flexibility index (Phi) is 4.41. The molecule has 2 aromatic rings. The molecule has 1 aliphatic rings. The molecule has 0 bridgehead atoms. The first kappa shape index (κ1) is 15.6. The van der Waals surface area contributed by atoms with E-state index in [-0.39, 0.29) is 12.5 Å². The highest BCUT2D eigenvalue weighted by Crippen LogP contribution is 2.25. The summed E-state index contributed by atoms with van der Waals surface area (Å²) >= 11 is 0. The van der Waals surface area contributed by atoms with Crippen molar-refractivity contribution in [2.75, 3.05) is 19.6 Å². The van der Waals surface area contributed by atoms with E-state index in [0.29, 0.717) is 24.2 Å². The molecule has 1 aromatic carbocycles. The molecule has 0 spiro atoms. The molecule has 3 N–H and O–H groups in total. The van der Waals surface area contributed by atoms with Crippen molar-refractivity contribution in [3.63, 3.8) is 0 Å². The Morgan fingerprint density at radius 1 is 1.35 bits per heavy atom. The maximum Gasteiger partial charge on any atom is 0.253 e. The average Bonchev–Trinajstić information content (AvgIpc) is 3.00. The van der Waals surface area contributed by atoms with Crippen LogP contribution in [0.3, 0.4) is 0 Å². The van der Waals surface area contributed by atoms with E-state index >= 15 is 0 Å². The Morgan fingerprint density at radius 3 is 2.83 bits per heavy atom. The van der Waals surface area contributed by atoms with Crippen LogP contribution in [0, 0.1) is 6.92 Å². The van der Waals surface area contributed by atoms with Gasteiger partial charge in [-0.2, -0.15) is 0 Å². The highest BCUT2D eigenvalue weighted by molar-refractivity contribution is 6.01. The Morgan fingerprint density at radius 2 is 2.13 bits per heavy atom. The van der Waals surface area contributed by atoms with Gasteiger partial charge in [-0.25, -0.2) is 0 Å². The number of nitrogens with one attached hydrogen (secondary N) is 2. The van der Waals surface area contributed by atoms with Gasteiger partial charge in [0, 0.05) is 19.3 Å². The van der Waals surface area contributed by atoms with Crippen LogP contribution in [-0.2, 0) is 0 Å². The van der Waals surface area contributed by atoms with E-state index in [1.54, 1.807) is 6.20 Å². The molecule has 5 heteroatoms. The molecule has 0 aliphatic carbocycles. The summed E-state index contributed by atoms with van der Waals surface area (Å²) < 4.78 is 0. The maximum absolute atomic E-state index is 12.7. The lowest BCUT2D eigenvalue weighted by Gasteiger charge is -2.22. The van der Waals surface area contributed by atoms with Crippen LogP contribution in [0.1, 0.15) is 22.5 Å². The van der Waals surface area contributed by atoms with E-state index in [0.717, 1.165) is 17.7 Å². The van der Waals surface area contributed by atoms with Gasteiger partial charge in [0.25, 0.3) is 5.91 Å². The van der Waals surface area contributed by atoms with E-state index in [2.05, 4.69) is 15.6 Å². The number of carbonyl (C=O) groups excluding carboxylic acids is 1. The lowest BCUT2D eigenvalue weighted by molar-refractivity contribution is 0.0561. The number of β-amino-alcohol motifs (C(OH)–C–C–N with tert-alkyl or cyclic N) is 1. The SMILES string of the molecule is Cc1nccc(-c2ccccc2)c1C(=O)NC[C@@]1(O)CCNC1. The fraction of sp³-hybridized carbons (Fsp3) is 0.333. The molecule has 23 heavy (non-hydrogen) atoms. The van der Waals surface area contributed by atoms with Crippen molar-refractivity contribution < 1.29 is 9.90 Å². The van der Waals surface area contributed by atoms with Gasteiger partial charge in [-0.3, -0.25) is 9.78 Å². The summed E-state index contributed by atoms with van der Waals surface area (Å²) in [5.41, 5.74) is 2.21. The lowest BCUT2D eigenvalue weighted by atomic mass is 9.98. The topological polar surface area (TPSA) is 74.2 Å². The summed E-state index contributed by atoms with van der Waals surface area (Å²) in [6.07, 6.45) is 2.35. The molecule has 1 saturated heterocycles. The quantitative estimate of drug-likeness (QED) is 0.800. The molecular weight excluding hydrogens is 290 g/mol. The molecule has 1 aliphatic heterocycles. The molecular formula is C18H21N3O2. The van der Waals surface area contributed by atoms with Gasteiger partial charge >= 0.3 is 0 Å². The van der Waals surface area contributed by atoms with Gasteiger partial charge < -0.3 is 15.7 Å². The highest BCUT2D eigenvalue weighted by Gasteiger charge is 2.31. The minimum atomic E-state index is -0.862. The van der Waals surface area contributed by atoms with Gasteiger partial charge in [-0.05, 0) is 37.1 Å². The normalized spacial score (nSPS) is 20.4. The van der Waals surface area contributed by atoms with Gasteiger partial charge in [0.05, 0.1) is 16.9 Å². The van der Waals surface area contributed by atoms with Crippen molar-refractivity contribution in [1.29, 1.82) is 0 Å². The standard InChI is InChI=1S/C18H21N3O2/c1-13-16(17(22)21-12-18(23)8-10-19-11-18)15(7-9-20-13)14-5-3-2-4-6-14/h2-7,9,19,23H,8,10-12H2,1H3,(H,21,22)/t18-/m1/s1. The van der Waals surface area contributed by atoms with E-state index < -0.39 is 5.60 Å². The largest absolute Gasteiger partial charge is 0.387 e. The van der Waals surface area contributed by atoms with Crippen molar-refractivity contribution in [2.24, 2.45) is 0 Å². The zero-order chi connectivity index (χ0) is 16.3. The summed E-state index contributed by atoms with van der Waals surface area (Å²) in [6.45, 7) is 3.34. The van der Waals surface area contributed by atoms with Gasteiger partial charge in [0.2, 0.25) is 0 Å². The van der Waals surface area contributed by atoms with Crippen molar-refractivity contribution >= 4 is 5.91 Å². The Bertz CT molecular complexity index is 695. The van der Waals surface area contributed by atoms with Crippen molar-refractivity contribution in [3.8, 4) is 11.1 Å². The monoisotopic (exact) mass is 311 g/mol. The molecule has 1 fully saturated rings. The summed E-state index contributed by atoms with van der Waals surface area (Å²) in [4.78, 5) is 16.9. The zero-order valence-corrected chi connectivity index (χ0v) is 13.2. The number of nitrogens with zero attached hydrogens (tertiary/aromatic N) is 1. The summed E-state index contributed by atoms with van der Waals surface area (Å²) in [5, 5.41) is 16.3. The van der Waals surface area contributed by atoms with Crippen LogP contribution in [0.5, 0.6) is 0 Å². The molecule has 1 atom stereocenters. The lowest BCUT2D eigenvalue weighted by Crippen LogP contribution is -2.44. The first-order valence-electron chi connectivity index (χ1n) is 7.81. The van der Waals surface area contributed by atoms with Crippen LogP contribution in [0.2, 0.25) is 0 Å². The van der Waals surface area contributed by atoms with E-state index in [1.807, 2.05) is 43.3 Å². The number of hydrogen-bond acceptors (Lipinski definition) is 4. The van der Waals surface area contributed by atoms with Gasteiger partial charge in [0.15, 0.2) is 0 Å². The Labute approximate surface area is 135 Å². The van der Waals surface area contributed by atoms with E-state index in [9.17, 15) is 9.90 Å². The summed E-state index contributed by atoms with van der Waals surface area (Å²) in [6, 6.07) is 11.6. The fourth-order valence-corrected chi connectivity index (χ4v) is 2.93. The average molecular weight is 311 g/mol. The minimum Gasteiger partial charge on any atom is -0.387 e. The van der Waals surface area contributed by atoms with Crippen molar-refractivity contribution in [2.45, 2.75) is 18.9 Å². The molecule has 0 saturated carbocycles. The van der Waals surface area contributed by atoms with Crippen molar-refractivity contribution in [3.05, 3.63) is 53.9 Å². The second-order valence-electron chi connectivity index (χ2n) is 6.02. The predicted octanol–water partition coefficient (Wildman–Crippen LogP) is 1.51. The Hall–Kier alpha value is -2.24. The van der Waals surface area contributed by atoms with Crippen LogP contribution in [-0.4, -0.2) is 41.2 Å². The van der Waals surface area contributed by atoms with Crippen LogP contribution >= 0.6 is 0 Å². The van der Waals surface area contributed by atoms with Gasteiger partial charge in [-0.15, -0.1) is 0 Å². The second-order valence-corrected chi connectivity index (χ2v) is 6.02. The van der Waals surface area contributed by atoms with Gasteiger partial charge in [-0.1, -0.05) is 30.3 Å². The fourth-order valence-electron chi connectivity index (χ4n) is 2.93. The third-order valence-electron chi connectivity index (χ3n) is 4.25. The Balaban J connectivity index is 1.85. The number of carbonyl (C=O) groups is 1. The maximum atomic E-state index is 12.7. The zero-order valence-electron chi connectivity index (χ0n) is 13.2. The predicted molar refractivity (Wildman–Crippen MR) is 89.2 cm³/mol. The number of rotatable bonds is 4. The third kappa shape index (κ3) is 3.41. The molecule has 5 nitrogen and oxygen atoms in total. The van der Waals surface area contributed by atoms with Gasteiger partial charge in [0.1, 0.15) is 0 Å². The first-order chi connectivity index (χ1) is 11.1. The number of amides is 1. The molecule has 1 amide bonds. The van der Waals surface area contributed by atoms with E-state index in [4.69, 9.17) is 0 Å². The number of aliphatic hydroxyl groups is 1. The van der Waals surface area contributed by atoms with Crippen LogP contribution in [0.25, 0.3) is 11.1 Å². The molecule has 120 valence electrons. The number of hydrogen-bond donors (Lipinski definition) is 3. The highest BCUT2D eigenvalue weighted by atomic mass is 16.3. The number of aromatic nitrogens is 1. The first-order valence-corrected chi connectivity index (χ1v) is 7.81. The smallest absolute Gasteiger partial charge is 0.253 e. The number of pyridine rings is 1. The third-order valence-corrected chi connectivity index (χ3v) is 4.25.